The van der Waals surface area contributed by atoms with E-state index < -0.39 is 0 Å². The van der Waals surface area contributed by atoms with Gasteiger partial charge in [-0.25, -0.2) is 0 Å². The summed E-state index contributed by atoms with van der Waals surface area (Å²) in [4.78, 5) is 0. The second-order valence-corrected chi connectivity index (χ2v) is 5.03. The molecule has 2 rings (SSSR count). The van der Waals surface area contributed by atoms with Crippen molar-refractivity contribution in [2.45, 2.75) is 25.4 Å². The maximum Gasteiger partial charge on any atom is 1.00 e. The van der Waals surface area contributed by atoms with Crippen molar-refractivity contribution in [3.8, 4) is 5.75 Å². The zero-order valence-corrected chi connectivity index (χ0v) is 14.8. The second-order valence-electron chi connectivity index (χ2n) is 5.03. The Morgan fingerprint density at radius 1 is 0.870 bits per heavy atom. The van der Waals surface area contributed by atoms with Gasteiger partial charge in [0.15, 0.2) is 0 Å². The average Bonchev–Trinajstić information content (AvgIpc) is 2.54. The van der Waals surface area contributed by atoms with Crippen molar-refractivity contribution in [2.24, 2.45) is 0 Å². The van der Waals surface area contributed by atoms with Crippen LogP contribution in [-0.4, -0.2) is 40.8 Å². The molecule has 0 spiro atoms. The molecule has 0 bridgehead atoms. The first-order chi connectivity index (χ1) is 10.3. The molecule has 0 aliphatic heterocycles. The van der Waals surface area contributed by atoms with E-state index >= 15 is 0 Å². The quantitative estimate of drug-likeness (QED) is 0.665. The van der Waals surface area contributed by atoms with Crippen molar-refractivity contribution in [2.75, 3.05) is 13.2 Å². The summed E-state index contributed by atoms with van der Waals surface area (Å²) in [6.07, 6.45) is 1.26. The van der Waals surface area contributed by atoms with E-state index in [4.69, 9.17) is 4.74 Å². The molecule has 0 unspecified atom stereocenters. The van der Waals surface area contributed by atoms with Crippen molar-refractivity contribution >= 4 is 17.4 Å². The van der Waals surface area contributed by atoms with Gasteiger partial charge in [-0.2, -0.15) is 0 Å². The summed E-state index contributed by atoms with van der Waals surface area (Å²) in [6.45, 7) is 0.734. The summed E-state index contributed by atoms with van der Waals surface area (Å²) in [5, 5.41) is 18.4. The van der Waals surface area contributed by atoms with Gasteiger partial charge in [-0.3, -0.25) is 0 Å². The number of benzene rings is 2. The predicted octanol–water partition coefficient (Wildman–Crippen LogP) is -0.150. The molecule has 0 aromatic heterocycles. The summed E-state index contributed by atoms with van der Waals surface area (Å²) in [5.41, 5.74) is 2.17. The number of aliphatic hydroxyl groups excluding tert-OH is 2. The van der Waals surface area contributed by atoms with E-state index in [-0.39, 0.29) is 56.8 Å². The van der Waals surface area contributed by atoms with Crippen LogP contribution in [0.3, 0.4) is 0 Å². The van der Waals surface area contributed by atoms with Crippen molar-refractivity contribution in [1.29, 1.82) is 0 Å². The Morgan fingerprint density at radius 3 is 2.04 bits per heavy atom. The van der Waals surface area contributed by atoms with Gasteiger partial charge < -0.3 is 16.4 Å². The van der Waals surface area contributed by atoms with Gasteiger partial charge >= 0.3 is 18.9 Å². The Balaban J connectivity index is 0. The Hall–Kier alpha value is -0.710. The van der Waals surface area contributed by atoms with Crippen LogP contribution in [0.4, 0.5) is 0 Å². The molecular formula is C18H23AlLiO3. The van der Waals surface area contributed by atoms with Crippen LogP contribution in [0.2, 0.25) is 0 Å². The van der Waals surface area contributed by atoms with Crippen molar-refractivity contribution in [3.05, 3.63) is 65.7 Å². The van der Waals surface area contributed by atoms with Gasteiger partial charge in [-0.05, 0) is 36.0 Å². The van der Waals surface area contributed by atoms with Crippen LogP contribution in [0.5, 0.6) is 5.75 Å². The monoisotopic (exact) mass is 321 g/mol. The SMILES string of the molecule is OCCC(CCO)c1ccccc1OCc1ccccc1.[Al].[H-].[Li+]. The van der Waals surface area contributed by atoms with Crippen LogP contribution in [-0.2, 0) is 6.61 Å². The molecule has 0 heterocycles. The average molecular weight is 321 g/mol. The van der Waals surface area contributed by atoms with Crippen LogP contribution in [0.15, 0.2) is 54.6 Å². The van der Waals surface area contributed by atoms with Gasteiger partial charge in [0.2, 0.25) is 0 Å². The number of rotatable bonds is 8. The standard InChI is InChI=1S/C18H22O3.Al.Li.H/c19-12-10-16(11-13-20)17-8-4-5-9-18(17)21-14-15-6-2-1-3-7-15;;;/h1-9,16,19-20H,10-14H2;;;/q;;+1;-1. The number of para-hydroxylation sites is 1. The van der Waals surface area contributed by atoms with Gasteiger partial charge in [-0.1, -0.05) is 48.5 Å². The zero-order chi connectivity index (χ0) is 14.9. The number of hydrogen-bond donors (Lipinski definition) is 2. The molecule has 0 amide bonds. The first kappa shape index (κ1) is 22.3. The van der Waals surface area contributed by atoms with E-state index in [9.17, 15) is 10.2 Å². The summed E-state index contributed by atoms with van der Waals surface area (Å²) >= 11 is 0. The van der Waals surface area contributed by atoms with Gasteiger partial charge in [0.1, 0.15) is 12.4 Å². The van der Waals surface area contributed by atoms with Gasteiger partial charge in [0.25, 0.3) is 0 Å². The topological polar surface area (TPSA) is 49.7 Å². The molecule has 3 radical (unpaired) electrons. The number of hydrogen-bond acceptors (Lipinski definition) is 3. The molecule has 2 aromatic carbocycles. The summed E-state index contributed by atoms with van der Waals surface area (Å²) in [5.74, 6) is 0.945. The molecule has 0 saturated carbocycles. The predicted molar refractivity (Wildman–Crippen MR) is 90.2 cm³/mol. The Morgan fingerprint density at radius 2 is 1.43 bits per heavy atom. The Bertz CT molecular complexity index is 537. The van der Waals surface area contributed by atoms with E-state index in [1.165, 1.54) is 0 Å². The summed E-state index contributed by atoms with van der Waals surface area (Å²) < 4.78 is 5.93. The number of aliphatic hydroxyl groups is 2. The minimum absolute atomic E-state index is 0. The molecule has 3 nitrogen and oxygen atoms in total. The molecule has 0 aliphatic carbocycles. The Labute approximate surface area is 162 Å². The fraction of sp³-hybridized carbons (Fsp3) is 0.333. The third-order valence-electron chi connectivity index (χ3n) is 3.55. The van der Waals surface area contributed by atoms with Gasteiger partial charge in [0.05, 0.1) is 0 Å². The van der Waals surface area contributed by atoms with Crippen LogP contribution in [0, 0.1) is 0 Å². The van der Waals surface area contributed by atoms with Crippen LogP contribution in [0.25, 0.3) is 0 Å². The smallest absolute Gasteiger partial charge is 1.00 e. The van der Waals surface area contributed by atoms with Crippen molar-refractivity contribution in [3.63, 3.8) is 0 Å². The fourth-order valence-electron chi connectivity index (χ4n) is 2.45. The van der Waals surface area contributed by atoms with E-state index in [1.54, 1.807) is 0 Å². The van der Waals surface area contributed by atoms with E-state index in [2.05, 4.69) is 0 Å². The minimum atomic E-state index is 0. The van der Waals surface area contributed by atoms with E-state index in [0.717, 1.165) is 16.9 Å². The molecule has 0 atom stereocenters. The first-order valence-corrected chi connectivity index (χ1v) is 7.32. The van der Waals surface area contributed by atoms with Crippen LogP contribution < -0.4 is 23.6 Å². The first-order valence-electron chi connectivity index (χ1n) is 7.32. The maximum absolute atomic E-state index is 9.20. The molecule has 23 heavy (non-hydrogen) atoms. The Kier molecular flexibility index (Phi) is 12.3. The fourth-order valence-corrected chi connectivity index (χ4v) is 2.45. The van der Waals surface area contributed by atoms with Gasteiger partial charge in [0, 0.05) is 30.6 Å². The van der Waals surface area contributed by atoms with Gasteiger partial charge in [-0.15, -0.1) is 0 Å². The third kappa shape index (κ3) is 7.15. The number of ether oxygens (including phenoxy) is 1. The molecule has 2 N–H and O–H groups in total. The summed E-state index contributed by atoms with van der Waals surface area (Å²) in [6, 6.07) is 17.9. The van der Waals surface area contributed by atoms with E-state index in [0.29, 0.717) is 19.4 Å². The summed E-state index contributed by atoms with van der Waals surface area (Å²) in [7, 11) is 0. The molecular weight excluding hydrogens is 298 g/mol. The van der Waals surface area contributed by atoms with Crippen molar-refractivity contribution < 1.29 is 35.2 Å². The van der Waals surface area contributed by atoms with Crippen LogP contribution in [0.1, 0.15) is 31.3 Å². The molecule has 5 heteroatoms. The van der Waals surface area contributed by atoms with Crippen molar-refractivity contribution in [1.82, 2.24) is 0 Å². The normalized spacial score (nSPS) is 9.87. The molecule has 0 saturated heterocycles. The molecule has 0 aliphatic rings. The molecule has 0 fully saturated rings. The largest absolute Gasteiger partial charge is 1.00 e. The second kappa shape index (κ2) is 12.7. The molecule has 117 valence electrons. The minimum Gasteiger partial charge on any atom is -1.00 e. The maximum atomic E-state index is 9.20. The molecule has 2 aromatic rings. The zero-order valence-electron chi connectivity index (χ0n) is 14.7. The van der Waals surface area contributed by atoms with E-state index in [1.807, 2.05) is 54.6 Å². The van der Waals surface area contributed by atoms with Crippen LogP contribution >= 0.6 is 0 Å². The third-order valence-corrected chi connectivity index (χ3v) is 3.55.